The second-order valence-electron chi connectivity index (χ2n) is 6.83. The first-order valence-electron chi connectivity index (χ1n) is 8.58. The highest BCUT2D eigenvalue weighted by atomic mass is 35.5. The van der Waals surface area contributed by atoms with Gasteiger partial charge in [0, 0.05) is 19.6 Å². The van der Waals surface area contributed by atoms with E-state index in [9.17, 15) is 9.90 Å². The molecule has 1 aliphatic heterocycles. The summed E-state index contributed by atoms with van der Waals surface area (Å²) in [6.07, 6.45) is 0.700. The Bertz CT molecular complexity index is 811. The van der Waals surface area contributed by atoms with Crippen LogP contribution in [-0.2, 0) is 16.9 Å². The predicted octanol–water partition coefficient (Wildman–Crippen LogP) is 2.61. The number of nitrogens with zero attached hydrogens (tertiary/aromatic N) is 1. The molecule has 1 fully saturated rings. The lowest BCUT2D eigenvalue weighted by molar-refractivity contribution is -0.119. The van der Waals surface area contributed by atoms with Crippen LogP contribution in [0.2, 0.25) is 5.02 Å². The van der Waals surface area contributed by atoms with Crippen molar-refractivity contribution < 1.29 is 14.6 Å². The van der Waals surface area contributed by atoms with Crippen LogP contribution in [0.4, 0.5) is 0 Å². The molecule has 6 heteroatoms. The van der Waals surface area contributed by atoms with E-state index in [1.54, 1.807) is 6.07 Å². The Hall–Kier alpha value is -2.08. The molecule has 26 heavy (non-hydrogen) atoms. The molecular weight excluding hydrogens is 352 g/mol. The van der Waals surface area contributed by atoms with Gasteiger partial charge in [0.2, 0.25) is 0 Å². The van der Waals surface area contributed by atoms with E-state index in [1.165, 1.54) is 0 Å². The number of likely N-dealkylation sites (tertiary alicyclic amines) is 1. The van der Waals surface area contributed by atoms with Crippen molar-refractivity contribution in [3.8, 4) is 5.75 Å². The zero-order valence-corrected chi connectivity index (χ0v) is 15.5. The van der Waals surface area contributed by atoms with Crippen LogP contribution < -0.4 is 10.5 Å². The molecule has 1 aliphatic rings. The fourth-order valence-electron chi connectivity index (χ4n) is 3.49. The van der Waals surface area contributed by atoms with E-state index in [4.69, 9.17) is 22.1 Å². The normalized spacial score (nSPS) is 20.3. The highest BCUT2D eigenvalue weighted by Gasteiger charge is 2.38. The summed E-state index contributed by atoms with van der Waals surface area (Å²) in [6, 6.07) is 13.5. The Morgan fingerprint density at radius 2 is 2.12 bits per heavy atom. The maximum atomic E-state index is 11.1. The zero-order valence-electron chi connectivity index (χ0n) is 14.7. The van der Waals surface area contributed by atoms with Gasteiger partial charge in [-0.05, 0) is 42.2 Å². The Balaban J connectivity index is 1.66. The molecule has 0 bridgehead atoms. The lowest BCUT2D eigenvalue weighted by Crippen LogP contribution is -2.31. The molecule has 1 atom stereocenters. The van der Waals surface area contributed by atoms with E-state index in [0.29, 0.717) is 30.3 Å². The fraction of sp³-hybridized carbons (Fsp3) is 0.350. The summed E-state index contributed by atoms with van der Waals surface area (Å²) < 4.78 is 5.27. The number of benzene rings is 2. The lowest BCUT2D eigenvalue weighted by atomic mass is 9.89. The Morgan fingerprint density at radius 3 is 2.81 bits per heavy atom. The van der Waals surface area contributed by atoms with Crippen molar-refractivity contribution in [2.24, 2.45) is 5.73 Å². The van der Waals surface area contributed by atoms with Crippen LogP contribution in [0.25, 0.3) is 0 Å². The topological polar surface area (TPSA) is 75.8 Å². The number of amides is 1. The summed E-state index contributed by atoms with van der Waals surface area (Å²) in [5.41, 5.74) is 7.38. The number of halogens is 1. The van der Waals surface area contributed by atoms with Crippen molar-refractivity contribution in [2.45, 2.75) is 25.5 Å². The third-order valence-electron chi connectivity index (χ3n) is 4.75. The Kier molecular flexibility index (Phi) is 5.51. The Morgan fingerprint density at radius 1 is 1.35 bits per heavy atom. The van der Waals surface area contributed by atoms with E-state index < -0.39 is 11.5 Å². The van der Waals surface area contributed by atoms with Crippen molar-refractivity contribution in [1.82, 2.24) is 4.90 Å². The SMILES string of the molecule is Cc1ccccc1[C@@]1(O)CCN(Cc2ccc(OCC(N)=O)c(Cl)c2)C1. The van der Waals surface area contributed by atoms with Crippen LogP contribution in [0, 0.1) is 6.92 Å². The van der Waals surface area contributed by atoms with Crippen LogP contribution in [0.5, 0.6) is 5.75 Å². The molecular formula is C20H23ClN2O3. The quantitative estimate of drug-likeness (QED) is 0.814. The van der Waals surface area contributed by atoms with Gasteiger partial charge in [-0.3, -0.25) is 9.69 Å². The standard InChI is InChI=1S/C20H23ClN2O3/c1-14-4-2-3-5-16(14)20(25)8-9-23(13-20)11-15-6-7-18(17(21)10-15)26-12-19(22)24/h2-7,10,25H,8-9,11-13H2,1H3,(H2,22,24)/t20-/m1/s1. The molecule has 2 aromatic rings. The number of aliphatic hydroxyl groups is 1. The van der Waals surface area contributed by atoms with Crippen LogP contribution in [0.15, 0.2) is 42.5 Å². The lowest BCUT2D eigenvalue weighted by Gasteiger charge is -2.26. The zero-order chi connectivity index (χ0) is 18.7. The first-order chi connectivity index (χ1) is 12.4. The number of ether oxygens (including phenoxy) is 1. The van der Waals surface area contributed by atoms with Gasteiger partial charge < -0.3 is 15.6 Å². The molecule has 5 nitrogen and oxygen atoms in total. The Labute approximate surface area is 158 Å². The van der Waals surface area contributed by atoms with Crippen LogP contribution >= 0.6 is 11.6 Å². The van der Waals surface area contributed by atoms with Gasteiger partial charge in [-0.15, -0.1) is 0 Å². The van der Waals surface area contributed by atoms with E-state index in [1.807, 2.05) is 43.3 Å². The van der Waals surface area contributed by atoms with Crippen molar-refractivity contribution >= 4 is 17.5 Å². The number of nitrogens with two attached hydrogens (primary N) is 1. The molecule has 1 heterocycles. The van der Waals surface area contributed by atoms with Gasteiger partial charge in [-0.25, -0.2) is 0 Å². The number of carbonyl (C=O) groups excluding carboxylic acids is 1. The fourth-order valence-corrected chi connectivity index (χ4v) is 3.75. The van der Waals surface area contributed by atoms with Crippen molar-refractivity contribution in [3.05, 3.63) is 64.2 Å². The summed E-state index contributed by atoms with van der Waals surface area (Å²) in [5.74, 6) is -0.107. The van der Waals surface area contributed by atoms with Crippen LogP contribution in [0.3, 0.4) is 0 Å². The van der Waals surface area contributed by atoms with Gasteiger partial charge in [0.15, 0.2) is 6.61 Å². The summed E-state index contributed by atoms with van der Waals surface area (Å²) in [6.45, 7) is 3.90. The minimum atomic E-state index is -0.820. The van der Waals surface area contributed by atoms with Gasteiger partial charge in [-0.2, -0.15) is 0 Å². The number of hydrogen-bond acceptors (Lipinski definition) is 4. The van der Waals surface area contributed by atoms with E-state index in [-0.39, 0.29) is 6.61 Å². The molecule has 1 amide bonds. The van der Waals surface area contributed by atoms with Gasteiger partial charge in [-0.1, -0.05) is 41.9 Å². The summed E-state index contributed by atoms with van der Waals surface area (Å²) in [7, 11) is 0. The number of aryl methyl sites for hydroxylation is 1. The molecule has 0 spiro atoms. The molecule has 0 saturated carbocycles. The molecule has 3 N–H and O–H groups in total. The van der Waals surface area contributed by atoms with Crippen molar-refractivity contribution in [1.29, 1.82) is 0 Å². The van der Waals surface area contributed by atoms with Crippen LogP contribution in [-0.4, -0.2) is 35.6 Å². The first-order valence-corrected chi connectivity index (χ1v) is 8.95. The highest BCUT2D eigenvalue weighted by molar-refractivity contribution is 6.32. The molecule has 0 radical (unpaired) electrons. The van der Waals surface area contributed by atoms with E-state index in [2.05, 4.69) is 4.90 Å². The first kappa shape index (κ1) is 18.7. The van der Waals surface area contributed by atoms with Crippen molar-refractivity contribution in [3.63, 3.8) is 0 Å². The smallest absolute Gasteiger partial charge is 0.255 e. The van der Waals surface area contributed by atoms with Gasteiger partial charge in [0.1, 0.15) is 11.4 Å². The van der Waals surface area contributed by atoms with E-state index in [0.717, 1.165) is 23.2 Å². The summed E-state index contributed by atoms with van der Waals surface area (Å²) in [5, 5.41) is 11.5. The van der Waals surface area contributed by atoms with Crippen molar-refractivity contribution in [2.75, 3.05) is 19.7 Å². The van der Waals surface area contributed by atoms with E-state index >= 15 is 0 Å². The molecule has 0 aliphatic carbocycles. The molecule has 2 aromatic carbocycles. The molecule has 138 valence electrons. The average Bonchev–Trinajstić information content (AvgIpc) is 2.96. The number of hydrogen-bond donors (Lipinski definition) is 2. The monoisotopic (exact) mass is 374 g/mol. The summed E-state index contributed by atoms with van der Waals surface area (Å²) in [4.78, 5) is 13.0. The highest BCUT2D eigenvalue weighted by Crippen LogP contribution is 2.35. The number of carbonyl (C=O) groups is 1. The van der Waals surface area contributed by atoms with Gasteiger partial charge in [0.25, 0.3) is 5.91 Å². The minimum absolute atomic E-state index is 0.200. The largest absolute Gasteiger partial charge is 0.482 e. The number of primary amides is 1. The number of rotatable bonds is 6. The maximum Gasteiger partial charge on any atom is 0.255 e. The average molecular weight is 375 g/mol. The third-order valence-corrected chi connectivity index (χ3v) is 5.04. The predicted molar refractivity (Wildman–Crippen MR) is 101 cm³/mol. The third kappa shape index (κ3) is 4.18. The van der Waals surface area contributed by atoms with Crippen LogP contribution in [0.1, 0.15) is 23.1 Å². The maximum absolute atomic E-state index is 11.1. The molecule has 0 unspecified atom stereocenters. The van der Waals surface area contributed by atoms with Gasteiger partial charge in [0.05, 0.1) is 5.02 Å². The second-order valence-corrected chi connectivity index (χ2v) is 7.23. The molecule has 1 saturated heterocycles. The molecule has 3 rings (SSSR count). The van der Waals surface area contributed by atoms with Gasteiger partial charge >= 0.3 is 0 Å². The molecule has 0 aromatic heterocycles. The number of β-amino-alcohol motifs (C(OH)–C–C–N with tert-alkyl or cyclic N) is 1. The minimum Gasteiger partial charge on any atom is -0.482 e. The second kappa shape index (κ2) is 7.66. The summed E-state index contributed by atoms with van der Waals surface area (Å²) >= 11 is 6.23.